The second kappa shape index (κ2) is 9.69. The van der Waals surface area contributed by atoms with E-state index in [2.05, 4.69) is 4.98 Å². The molecule has 0 aromatic carbocycles. The molecule has 2 aliphatic heterocycles. The van der Waals surface area contributed by atoms with E-state index in [1.165, 1.54) is 0 Å². The number of carboxylic acid groups (broad SMARTS) is 1. The quantitative estimate of drug-likeness (QED) is 0.791. The zero-order chi connectivity index (χ0) is 20.7. The number of aliphatic carboxylic acids is 1. The maximum absolute atomic E-state index is 11.3. The smallest absolute Gasteiger partial charge is 0.475 e. The lowest BCUT2D eigenvalue weighted by atomic mass is 9.99. The Labute approximate surface area is 159 Å². The molecule has 0 saturated carbocycles. The molecule has 2 fully saturated rings. The fraction of sp³-hybridized carbons (Fsp3) is 0.588. The molecule has 8 nitrogen and oxygen atoms in total. The SMILES string of the molecule is NC(=O)N1CC[C@@H]2O[C@H](COCc3ccncc3)CC[C@@H]21.O=C(O)C(F)(F)F. The van der Waals surface area contributed by atoms with Gasteiger partial charge in [0.05, 0.1) is 31.5 Å². The summed E-state index contributed by atoms with van der Waals surface area (Å²) in [6.07, 6.45) is 1.38. The molecular formula is C17H22F3N3O5. The van der Waals surface area contributed by atoms with E-state index >= 15 is 0 Å². The predicted molar refractivity (Wildman–Crippen MR) is 90.2 cm³/mol. The Morgan fingerprint density at radius 3 is 2.50 bits per heavy atom. The van der Waals surface area contributed by atoms with Crippen molar-refractivity contribution in [3.05, 3.63) is 30.1 Å². The van der Waals surface area contributed by atoms with Gasteiger partial charge >= 0.3 is 18.2 Å². The van der Waals surface area contributed by atoms with Crippen LogP contribution in [-0.2, 0) is 20.9 Å². The van der Waals surface area contributed by atoms with Crippen LogP contribution in [0.1, 0.15) is 24.8 Å². The van der Waals surface area contributed by atoms with Crippen LogP contribution < -0.4 is 5.73 Å². The van der Waals surface area contributed by atoms with Crippen molar-refractivity contribution in [2.45, 2.75) is 50.3 Å². The lowest BCUT2D eigenvalue weighted by molar-refractivity contribution is -0.192. The van der Waals surface area contributed by atoms with Gasteiger partial charge in [-0.25, -0.2) is 9.59 Å². The van der Waals surface area contributed by atoms with E-state index in [9.17, 15) is 18.0 Å². The summed E-state index contributed by atoms with van der Waals surface area (Å²) < 4.78 is 43.5. The number of fused-ring (bicyclic) bond motifs is 1. The third-order valence-corrected chi connectivity index (χ3v) is 4.48. The second-order valence-electron chi connectivity index (χ2n) is 6.44. The van der Waals surface area contributed by atoms with Gasteiger partial charge in [-0.2, -0.15) is 13.2 Å². The van der Waals surface area contributed by atoms with Gasteiger partial charge in [0.2, 0.25) is 0 Å². The number of hydrogen-bond acceptors (Lipinski definition) is 5. The second-order valence-corrected chi connectivity index (χ2v) is 6.44. The van der Waals surface area contributed by atoms with Gasteiger partial charge in [0.25, 0.3) is 0 Å². The van der Waals surface area contributed by atoms with Crippen molar-refractivity contribution in [2.24, 2.45) is 5.73 Å². The average molecular weight is 405 g/mol. The van der Waals surface area contributed by atoms with Gasteiger partial charge in [0.15, 0.2) is 0 Å². The number of nitrogens with two attached hydrogens (primary N) is 1. The van der Waals surface area contributed by atoms with Crippen LogP contribution in [0, 0.1) is 0 Å². The number of likely N-dealkylation sites (tertiary alicyclic amines) is 1. The molecule has 0 unspecified atom stereocenters. The minimum atomic E-state index is -5.08. The Kier molecular flexibility index (Phi) is 7.58. The predicted octanol–water partition coefficient (Wildman–Crippen LogP) is 1.93. The first-order valence-corrected chi connectivity index (χ1v) is 8.66. The molecule has 2 amide bonds. The summed E-state index contributed by atoms with van der Waals surface area (Å²) in [5.74, 6) is -2.76. The number of ether oxygens (including phenoxy) is 2. The Hall–Kier alpha value is -2.40. The highest BCUT2D eigenvalue weighted by Crippen LogP contribution is 2.31. The number of pyridine rings is 1. The maximum atomic E-state index is 11.3. The number of aromatic nitrogens is 1. The average Bonchev–Trinajstić information content (AvgIpc) is 3.06. The van der Waals surface area contributed by atoms with E-state index in [1.807, 2.05) is 12.1 Å². The van der Waals surface area contributed by atoms with Crippen molar-refractivity contribution < 1.29 is 37.3 Å². The summed E-state index contributed by atoms with van der Waals surface area (Å²) in [6.45, 7) is 1.86. The van der Waals surface area contributed by atoms with E-state index < -0.39 is 12.1 Å². The van der Waals surface area contributed by atoms with Crippen LogP contribution in [0.4, 0.5) is 18.0 Å². The van der Waals surface area contributed by atoms with Crippen LogP contribution in [-0.4, -0.2) is 64.6 Å². The van der Waals surface area contributed by atoms with Gasteiger partial charge in [-0.05, 0) is 37.0 Å². The Balaban J connectivity index is 0.000000345. The molecule has 0 spiro atoms. The summed E-state index contributed by atoms with van der Waals surface area (Å²) in [4.78, 5) is 25.9. The van der Waals surface area contributed by atoms with Crippen LogP contribution in [0.2, 0.25) is 0 Å². The number of urea groups is 1. The third kappa shape index (κ3) is 6.34. The summed E-state index contributed by atoms with van der Waals surface area (Å²) in [5, 5.41) is 7.12. The van der Waals surface area contributed by atoms with Gasteiger partial charge in [-0.1, -0.05) is 0 Å². The van der Waals surface area contributed by atoms with Crippen LogP contribution in [0.3, 0.4) is 0 Å². The summed E-state index contributed by atoms with van der Waals surface area (Å²) in [6, 6.07) is 3.70. The van der Waals surface area contributed by atoms with Gasteiger partial charge < -0.3 is 25.2 Å². The van der Waals surface area contributed by atoms with Crippen LogP contribution >= 0.6 is 0 Å². The first-order chi connectivity index (χ1) is 13.2. The molecule has 28 heavy (non-hydrogen) atoms. The fourth-order valence-electron chi connectivity index (χ4n) is 3.18. The van der Waals surface area contributed by atoms with Gasteiger partial charge in [0, 0.05) is 18.9 Å². The lowest BCUT2D eigenvalue weighted by Gasteiger charge is -2.35. The standard InChI is InChI=1S/C15H21N3O3.C2HF3O2/c16-15(19)18-8-5-14-13(18)2-1-12(21-14)10-20-9-11-3-6-17-7-4-11;3-2(4,5)1(6)7/h3-4,6-7,12-14H,1-2,5,8-10H2,(H2,16,19);(H,6,7)/t12-,13-,14-;/m0./s1. The molecule has 11 heteroatoms. The number of primary amides is 1. The highest BCUT2D eigenvalue weighted by Gasteiger charge is 2.41. The Morgan fingerprint density at radius 1 is 1.29 bits per heavy atom. The molecule has 0 radical (unpaired) electrons. The van der Waals surface area contributed by atoms with Crippen molar-refractivity contribution in [1.29, 1.82) is 0 Å². The lowest BCUT2D eigenvalue weighted by Crippen LogP contribution is -2.47. The van der Waals surface area contributed by atoms with Gasteiger partial charge in [0.1, 0.15) is 0 Å². The molecule has 3 atom stereocenters. The van der Waals surface area contributed by atoms with Crippen molar-refractivity contribution in [2.75, 3.05) is 13.2 Å². The maximum Gasteiger partial charge on any atom is 0.490 e. The molecule has 3 rings (SSSR count). The number of rotatable bonds is 4. The highest BCUT2D eigenvalue weighted by molar-refractivity contribution is 5.73. The number of carbonyl (C=O) groups excluding carboxylic acids is 1. The van der Waals surface area contributed by atoms with Crippen molar-refractivity contribution in [3.63, 3.8) is 0 Å². The largest absolute Gasteiger partial charge is 0.490 e. The van der Waals surface area contributed by atoms with Gasteiger partial charge in [-0.15, -0.1) is 0 Å². The van der Waals surface area contributed by atoms with Crippen LogP contribution in [0.15, 0.2) is 24.5 Å². The molecule has 0 bridgehead atoms. The van der Waals surface area contributed by atoms with E-state index in [-0.39, 0.29) is 24.3 Å². The van der Waals surface area contributed by atoms with Crippen LogP contribution in [0.25, 0.3) is 0 Å². The minimum Gasteiger partial charge on any atom is -0.475 e. The van der Waals surface area contributed by atoms with E-state index in [0.29, 0.717) is 19.8 Å². The summed E-state index contributed by atoms with van der Waals surface area (Å²) in [5.41, 5.74) is 6.50. The third-order valence-electron chi connectivity index (χ3n) is 4.48. The number of hydrogen-bond donors (Lipinski definition) is 2. The molecule has 156 valence electrons. The number of carbonyl (C=O) groups is 2. The van der Waals surface area contributed by atoms with Crippen LogP contribution in [0.5, 0.6) is 0 Å². The number of alkyl halides is 3. The molecule has 1 aromatic rings. The molecule has 0 aliphatic carbocycles. The number of nitrogens with zero attached hydrogens (tertiary/aromatic N) is 2. The topological polar surface area (TPSA) is 115 Å². The normalized spacial score (nSPS) is 24.1. The molecular weight excluding hydrogens is 383 g/mol. The Bertz CT molecular complexity index is 659. The molecule has 2 aliphatic rings. The van der Waals surface area contributed by atoms with E-state index in [0.717, 1.165) is 24.8 Å². The molecule has 3 N–H and O–H groups in total. The zero-order valence-electron chi connectivity index (χ0n) is 15.0. The fourth-order valence-corrected chi connectivity index (χ4v) is 3.18. The van der Waals surface area contributed by atoms with E-state index in [4.69, 9.17) is 25.1 Å². The summed E-state index contributed by atoms with van der Waals surface area (Å²) >= 11 is 0. The molecule has 1 aromatic heterocycles. The Morgan fingerprint density at radius 2 is 1.93 bits per heavy atom. The molecule has 2 saturated heterocycles. The highest BCUT2D eigenvalue weighted by atomic mass is 19.4. The number of carboxylic acids is 1. The molecule has 3 heterocycles. The summed E-state index contributed by atoms with van der Waals surface area (Å²) in [7, 11) is 0. The number of amides is 2. The number of halogens is 3. The van der Waals surface area contributed by atoms with Crippen molar-refractivity contribution in [3.8, 4) is 0 Å². The first kappa shape index (κ1) is 21.9. The monoisotopic (exact) mass is 405 g/mol. The van der Waals surface area contributed by atoms with Crippen molar-refractivity contribution >= 4 is 12.0 Å². The minimum absolute atomic E-state index is 0.112. The zero-order valence-corrected chi connectivity index (χ0v) is 15.0. The first-order valence-electron chi connectivity index (χ1n) is 8.66. The van der Waals surface area contributed by atoms with E-state index in [1.54, 1.807) is 17.3 Å². The van der Waals surface area contributed by atoms with Crippen molar-refractivity contribution in [1.82, 2.24) is 9.88 Å². The van der Waals surface area contributed by atoms with Gasteiger partial charge in [-0.3, -0.25) is 4.98 Å².